The predicted molar refractivity (Wildman–Crippen MR) is 417 cm³/mol. The molecule has 109 heavy (non-hydrogen) atoms. The van der Waals surface area contributed by atoms with Gasteiger partial charge >= 0.3 is 12.4 Å². The van der Waals surface area contributed by atoms with Gasteiger partial charge in [-0.1, -0.05) is 87.8 Å². The van der Waals surface area contributed by atoms with Crippen molar-refractivity contribution in [1.29, 1.82) is 0 Å². The second-order valence-electron chi connectivity index (χ2n) is 30.5. The largest absolute Gasteiger partial charge is 0.437 e. The number of amides is 1. The van der Waals surface area contributed by atoms with E-state index in [1.54, 1.807) is 70.2 Å². The Kier molecular flexibility index (Phi) is 24.8. The number of alkyl halides is 6. The van der Waals surface area contributed by atoms with Crippen LogP contribution in [-0.4, -0.2) is 195 Å². The molecule has 6 saturated heterocycles. The molecule has 586 valence electrons. The number of anilines is 3. The van der Waals surface area contributed by atoms with Crippen LogP contribution in [0.3, 0.4) is 0 Å². The Hall–Kier alpha value is -6.66. The number of halogens is 12. The fraction of sp³-hybridized carbons (Fsp3) is 0.553. The SMILES string of the molecule is CC(=O)NCCN1CCCC(C2CN(c3cnc4c(C)nn(C(C)c5ccc(Cl)cc5Cl)c4n3)C2)C1.CC(C)N1CCCC(C2CN(c3cnc4c(C(F)(F)F)nn(C(C)c5ccc(Cl)cc5Cl)c4n3)C2)C1.CC(O)CN1CCCC(C2CN(c3cnc4c(C(F)(F)F)nn(C(C)c5ccc(Cl)cc5Cl)c4n3)C2)C1. The Balaban J connectivity index is 0.000000144. The summed E-state index contributed by atoms with van der Waals surface area (Å²) < 4.78 is 87.3. The number of aryl methyl sites for hydroxylation is 1. The minimum Gasteiger partial charge on any atom is -0.392 e. The maximum Gasteiger partial charge on any atom is 0.437 e. The van der Waals surface area contributed by atoms with Gasteiger partial charge in [-0.05, 0) is 195 Å². The van der Waals surface area contributed by atoms with E-state index in [4.69, 9.17) is 84.7 Å². The van der Waals surface area contributed by atoms with E-state index in [1.807, 2.05) is 29.9 Å². The minimum absolute atomic E-state index is 0.0402. The highest BCUT2D eigenvalue weighted by Gasteiger charge is 2.44. The van der Waals surface area contributed by atoms with Gasteiger partial charge in [0.05, 0.1) is 48.5 Å². The quantitative estimate of drug-likeness (QED) is 0.0768. The summed E-state index contributed by atoms with van der Waals surface area (Å²) in [4.78, 5) is 52.3. The number of aliphatic hydroxyl groups is 1. The maximum atomic E-state index is 13.8. The number of aromatic nitrogens is 12. The van der Waals surface area contributed by atoms with Crippen LogP contribution in [0.5, 0.6) is 0 Å². The highest BCUT2D eigenvalue weighted by molar-refractivity contribution is 6.36. The molecule has 2 N–H and O–H groups in total. The fourth-order valence-corrected chi connectivity index (χ4v) is 18.1. The van der Waals surface area contributed by atoms with Crippen molar-refractivity contribution in [2.75, 3.05) is 113 Å². The number of nitrogens with one attached hydrogen (secondary N) is 1. The zero-order valence-corrected chi connectivity index (χ0v) is 66.6. The molecule has 3 aromatic carbocycles. The first kappa shape index (κ1) is 80.4. The number of hydrogen-bond donors (Lipinski definition) is 2. The minimum atomic E-state index is -4.68. The van der Waals surface area contributed by atoms with Crippen molar-refractivity contribution in [2.24, 2.45) is 35.5 Å². The summed E-state index contributed by atoms with van der Waals surface area (Å²) in [5.74, 6) is 5.55. The van der Waals surface area contributed by atoms with Crippen molar-refractivity contribution >= 4 is 126 Å². The first-order valence-corrected chi connectivity index (χ1v) is 39.7. The normalized spacial score (nSPS) is 20.7. The van der Waals surface area contributed by atoms with E-state index in [0.29, 0.717) is 101 Å². The van der Waals surface area contributed by atoms with Gasteiger partial charge in [0.25, 0.3) is 0 Å². The van der Waals surface area contributed by atoms with E-state index in [2.05, 4.69) is 85.6 Å². The Bertz CT molecular complexity index is 4720. The molecule has 1 amide bonds. The lowest BCUT2D eigenvalue weighted by Gasteiger charge is -2.47. The second kappa shape index (κ2) is 33.6. The summed E-state index contributed by atoms with van der Waals surface area (Å²) in [6.07, 6.45) is 2.17. The van der Waals surface area contributed by atoms with Crippen LogP contribution in [0, 0.1) is 42.4 Å². The highest BCUT2D eigenvalue weighted by atomic mass is 35.5. The number of nitrogens with zero attached hydrogens (tertiary/aromatic N) is 18. The summed E-state index contributed by atoms with van der Waals surface area (Å²) in [5, 5.41) is 28.0. The first-order chi connectivity index (χ1) is 51.8. The third kappa shape index (κ3) is 18.1. The number of aliphatic hydroxyl groups excluding tert-OH is 1. The van der Waals surface area contributed by atoms with Crippen LogP contribution in [0.1, 0.15) is 139 Å². The number of likely N-dealkylation sites (tertiary alicyclic amines) is 3. The summed E-state index contributed by atoms with van der Waals surface area (Å²) in [7, 11) is 0. The Morgan fingerprint density at radius 2 is 0.872 bits per heavy atom. The molecule has 6 aliphatic heterocycles. The van der Waals surface area contributed by atoms with E-state index in [9.17, 15) is 36.2 Å². The van der Waals surface area contributed by atoms with E-state index in [0.717, 1.165) is 133 Å². The molecule has 15 rings (SSSR count). The Morgan fingerprint density at radius 1 is 0.505 bits per heavy atom. The zero-order chi connectivity index (χ0) is 77.7. The number of β-amino-alcohol motifs (C(OH)–C–C–N with tert-alkyl or cyclic N) is 1. The van der Waals surface area contributed by atoms with Crippen molar-refractivity contribution in [1.82, 2.24) is 79.3 Å². The maximum absolute atomic E-state index is 13.8. The van der Waals surface area contributed by atoms with E-state index < -0.39 is 35.8 Å². The molecule has 6 fully saturated rings. The molecule has 21 nitrogen and oxygen atoms in total. The molecule has 7 atom stereocenters. The predicted octanol–water partition coefficient (Wildman–Crippen LogP) is 15.9. The van der Waals surface area contributed by atoms with Gasteiger partial charge < -0.3 is 39.8 Å². The molecule has 0 bridgehead atoms. The van der Waals surface area contributed by atoms with Crippen molar-refractivity contribution in [3.05, 3.63) is 137 Å². The number of fused-ring (bicyclic) bond motifs is 3. The van der Waals surface area contributed by atoms with Crippen LogP contribution < -0.4 is 20.0 Å². The van der Waals surface area contributed by atoms with Gasteiger partial charge in [0.1, 0.15) is 34.0 Å². The summed E-state index contributed by atoms with van der Waals surface area (Å²) in [6.45, 7) is 29.3. The fourth-order valence-electron chi connectivity index (χ4n) is 16.4. The number of carbonyl (C=O) groups is 1. The molecule has 0 saturated carbocycles. The summed E-state index contributed by atoms with van der Waals surface area (Å²) in [6, 6.07) is 14.5. The van der Waals surface area contributed by atoms with Gasteiger partial charge in [0.2, 0.25) is 5.91 Å². The smallest absolute Gasteiger partial charge is 0.392 e. The molecule has 9 aromatic rings. The Morgan fingerprint density at radius 3 is 1.26 bits per heavy atom. The number of benzene rings is 3. The summed E-state index contributed by atoms with van der Waals surface area (Å²) >= 11 is 37.3. The lowest BCUT2D eigenvalue weighted by atomic mass is 9.80. The molecule has 7 unspecified atom stereocenters. The molecule has 6 aliphatic rings. The standard InChI is InChI=1S/C26H33Cl2N7O.C25H29Cl2F3N6O.C25H29Cl2F3N6/c1-16-25-26(35(32-16)17(2)22-7-6-21(27)11-23(22)28)31-24(12-30-25)34-14-20(15-34)19-5-4-9-33(13-19)10-8-29-18(3)36;1-14(37)10-34-7-3-4-16(11-34)17-12-35(13-17)21-9-31-22-23(25(28,29)30)33-36(24(22)32-21)15(2)19-6-5-18(26)8-20(19)27;1-14(2)34-8-4-5-16(11-34)17-12-35(13-17)21-10-31-22-23(25(28,29)30)33-36(24(22)32-21)15(3)19-7-6-18(26)9-20(19)27/h6-7,11-12,17,19-20H,4-5,8-10,13-15H2,1-3H3,(H,29,36);5-6,8-9,14-17,37H,3-4,7,10-13H2,1-2H3;6-7,9-10,14-17H,4-5,8,11-13H2,1-3H3. The number of carbonyl (C=O) groups excluding carboxylic acids is 1. The van der Waals surface area contributed by atoms with Crippen molar-refractivity contribution in [3.63, 3.8) is 0 Å². The topological polar surface area (TPSA) is 200 Å². The number of hydrogen-bond acceptors (Lipinski definition) is 17. The van der Waals surface area contributed by atoms with Crippen LogP contribution >= 0.6 is 69.6 Å². The van der Waals surface area contributed by atoms with Gasteiger partial charge in [-0.25, -0.2) is 43.9 Å². The molecule has 0 spiro atoms. The van der Waals surface area contributed by atoms with Crippen LogP contribution in [-0.2, 0) is 17.1 Å². The van der Waals surface area contributed by atoms with Crippen LogP contribution in [0.4, 0.5) is 43.8 Å². The number of rotatable bonds is 18. The number of piperidine rings is 3. The molecular formula is C76H91Cl6F6N19O2. The molecule has 12 heterocycles. The summed E-state index contributed by atoms with van der Waals surface area (Å²) in [5.41, 5.74) is 2.05. The van der Waals surface area contributed by atoms with Gasteiger partial charge in [-0.15, -0.1) is 0 Å². The molecule has 6 aromatic heterocycles. The molecule has 0 aliphatic carbocycles. The third-order valence-electron chi connectivity index (χ3n) is 22.5. The van der Waals surface area contributed by atoms with Crippen molar-refractivity contribution in [2.45, 2.75) is 137 Å². The van der Waals surface area contributed by atoms with Crippen LogP contribution in [0.15, 0.2) is 73.2 Å². The Labute approximate surface area is 659 Å². The van der Waals surface area contributed by atoms with Crippen LogP contribution in [0.25, 0.3) is 33.5 Å². The molecular weight excluding hydrogens is 1540 g/mol. The van der Waals surface area contributed by atoms with Gasteiger partial charge in [-0.3, -0.25) is 4.79 Å². The van der Waals surface area contributed by atoms with Gasteiger partial charge in [0.15, 0.2) is 28.3 Å². The van der Waals surface area contributed by atoms with E-state index >= 15 is 0 Å². The average Bonchev–Trinajstić information content (AvgIpc) is 1.63. The van der Waals surface area contributed by atoms with E-state index in [1.165, 1.54) is 47.4 Å². The molecule has 0 radical (unpaired) electrons. The van der Waals surface area contributed by atoms with E-state index in [-0.39, 0.29) is 40.4 Å². The van der Waals surface area contributed by atoms with Crippen molar-refractivity contribution < 1.29 is 36.2 Å². The monoisotopic (exact) mass is 1630 g/mol. The van der Waals surface area contributed by atoms with Crippen LogP contribution in [0.2, 0.25) is 30.1 Å². The first-order valence-electron chi connectivity index (χ1n) is 37.4. The lowest BCUT2D eigenvalue weighted by molar-refractivity contribution is -0.141. The average molecular weight is 1630 g/mol. The zero-order valence-electron chi connectivity index (χ0n) is 62.1. The van der Waals surface area contributed by atoms with Crippen molar-refractivity contribution in [3.8, 4) is 0 Å². The lowest BCUT2D eigenvalue weighted by Crippen LogP contribution is -2.54. The highest BCUT2D eigenvalue weighted by Crippen LogP contribution is 2.43. The van der Waals surface area contributed by atoms with Gasteiger partial charge in [-0.2, -0.15) is 41.6 Å². The third-order valence-corrected chi connectivity index (χ3v) is 24.2. The molecule has 33 heteroatoms. The van der Waals surface area contributed by atoms with Gasteiger partial charge in [0, 0.05) is 122 Å². The second-order valence-corrected chi connectivity index (χ2v) is 33.1.